The third-order valence-electron chi connectivity index (χ3n) is 3.51. The van der Waals surface area contributed by atoms with Crippen molar-refractivity contribution >= 4 is 8.07 Å². The number of unbranched alkanes of at least 4 members (excludes halogenated alkanes) is 2. The Morgan fingerprint density at radius 1 is 0.889 bits per heavy atom. The molecule has 0 spiro atoms. The molecular formula is C16H35NSi. The molecule has 0 amide bonds. The molecule has 0 N–H and O–H groups in total. The van der Waals surface area contributed by atoms with Crippen LogP contribution in [0.5, 0.6) is 0 Å². The van der Waals surface area contributed by atoms with Gasteiger partial charge in [-0.15, -0.1) is 0 Å². The van der Waals surface area contributed by atoms with Crippen molar-refractivity contribution in [3.8, 4) is 0 Å². The van der Waals surface area contributed by atoms with E-state index in [4.69, 9.17) is 0 Å². The van der Waals surface area contributed by atoms with E-state index in [0.29, 0.717) is 0 Å². The van der Waals surface area contributed by atoms with Crippen LogP contribution in [0.15, 0.2) is 12.3 Å². The first kappa shape index (κ1) is 17.8. The van der Waals surface area contributed by atoms with Gasteiger partial charge in [-0.25, -0.2) is 0 Å². The lowest BCUT2D eigenvalue weighted by molar-refractivity contribution is 0.359. The summed E-state index contributed by atoms with van der Waals surface area (Å²) < 4.78 is 0. The van der Waals surface area contributed by atoms with Gasteiger partial charge in [0.15, 0.2) is 0 Å². The van der Waals surface area contributed by atoms with Crippen molar-refractivity contribution in [1.29, 1.82) is 0 Å². The summed E-state index contributed by atoms with van der Waals surface area (Å²) in [5.41, 5.74) is 0. The molecule has 0 saturated carbocycles. The molecule has 0 aliphatic carbocycles. The third-order valence-corrected chi connectivity index (χ3v) is 6.71. The van der Waals surface area contributed by atoms with Crippen LogP contribution in [-0.4, -0.2) is 26.1 Å². The van der Waals surface area contributed by atoms with Gasteiger partial charge in [0.1, 0.15) is 0 Å². The van der Waals surface area contributed by atoms with Crippen molar-refractivity contribution in [2.45, 2.75) is 78.1 Å². The van der Waals surface area contributed by atoms with Gasteiger partial charge in [-0.05, 0) is 25.1 Å². The quantitative estimate of drug-likeness (QED) is 0.446. The van der Waals surface area contributed by atoms with E-state index in [2.05, 4.69) is 51.0 Å². The summed E-state index contributed by atoms with van der Waals surface area (Å²) in [6, 6.07) is 2.80. The topological polar surface area (TPSA) is 3.24 Å². The minimum absolute atomic E-state index is 0.946. The van der Waals surface area contributed by atoms with E-state index >= 15 is 0 Å². The van der Waals surface area contributed by atoms with Gasteiger partial charge in [0.2, 0.25) is 0 Å². The van der Waals surface area contributed by atoms with Crippen molar-refractivity contribution in [2.24, 2.45) is 0 Å². The van der Waals surface area contributed by atoms with E-state index in [9.17, 15) is 0 Å². The largest absolute Gasteiger partial charge is 0.378 e. The predicted octanol–water partition coefficient (Wildman–Crippen LogP) is 5.52. The molecule has 0 aromatic heterocycles. The minimum Gasteiger partial charge on any atom is -0.378 e. The maximum absolute atomic E-state index is 2.53. The lowest BCUT2D eigenvalue weighted by Gasteiger charge is -2.22. The first-order valence-electron chi connectivity index (χ1n) is 7.96. The zero-order valence-corrected chi connectivity index (χ0v) is 14.5. The van der Waals surface area contributed by atoms with Crippen LogP contribution >= 0.6 is 0 Å². The van der Waals surface area contributed by atoms with Crippen molar-refractivity contribution in [1.82, 2.24) is 4.90 Å². The van der Waals surface area contributed by atoms with Crippen molar-refractivity contribution < 1.29 is 0 Å². The molecule has 0 atom stereocenters. The van der Waals surface area contributed by atoms with Crippen molar-refractivity contribution in [2.75, 3.05) is 13.1 Å². The first-order valence-corrected chi connectivity index (χ1v) is 11.4. The van der Waals surface area contributed by atoms with Gasteiger partial charge in [0.25, 0.3) is 0 Å². The lowest BCUT2D eigenvalue weighted by atomic mass is 10.3. The zero-order valence-electron chi connectivity index (χ0n) is 13.5. The van der Waals surface area contributed by atoms with Crippen LogP contribution in [0.1, 0.15) is 52.9 Å². The van der Waals surface area contributed by atoms with Crippen molar-refractivity contribution in [3.63, 3.8) is 0 Å². The average molecular weight is 270 g/mol. The maximum Gasteiger partial charge on any atom is 0.0511 e. The molecule has 0 bridgehead atoms. The van der Waals surface area contributed by atoms with Gasteiger partial charge in [0, 0.05) is 13.1 Å². The fraction of sp³-hybridized carbons (Fsp3) is 0.875. The summed E-state index contributed by atoms with van der Waals surface area (Å²) >= 11 is 0. The molecule has 0 heterocycles. The number of nitrogens with zero attached hydrogens (tertiary/aromatic N) is 1. The normalized spacial score (nSPS) is 12.3. The highest BCUT2D eigenvalue weighted by molar-refractivity contribution is 6.77. The van der Waals surface area contributed by atoms with Gasteiger partial charge < -0.3 is 4.90 Å². The van der Waals surface area contributed by atoms with Gasteiger partial charge in [-0.3, -0.25) is 0 Å². The predicted molar refractivity (Wildman–Crippen MR) is 87.9 cm³/mol. The summed E-state index contributed by atoms with van der Waals surface area (Å²) in [6.45, 7) is 14.4. The number of allylic oxidation sites excluding steroid dienone is 1. The Morgan fingerprint density at radius 3 is 1.89 bits per heavy atom. The fourth-order valence-electron chi connectivity index (χ4n) is 2.28. The van der Waals surface area contributed by atoms with Crippen molar-refractivity contribution in [3.05, 3.63) is 12.3 Å². The Hall–Kier alpha value is -0.243. The molecule has 18 heavy (non-hydrogen) atoms. The van der Waals surface area contributed by atoms with E-state index in [-0.39, 0.29) is 0 Å². The molecule has 0 radical (unpaired) electrons. The Labute approximate surface area is 117 Å². The van der Waals surface area contributed by atoms with Crippen LogP contribution < -0.4 is 0 Å². The Morgan fingerprint density at radius 2 is 1.44 bits per heavy atom. The van der Waals surface area contributed by atoms with E-state index in [0.717, 1.165) is 0 Å². The second-order valence-corrected chi connectivity index (χ2v) is 11.5. The van der Waals surface area contributed by atoms with E-state index in [1.54, 1.807) is 0 Å². The Balaban J connectivity index is 4.11. The summed E-state index contributed by atoms with van der Waals surface area (Å²) in [5.74, 6) is 0. The highest BCUT2D eigenvalue weighted by atomic mass is 28.3. The second-order valence-electron chi connectivity index (χ2n) is 6.25. The standard InChI is InChI=1S/C16H35NSi/c1-6-9-12-17(13-10-7-2)14-11-16-18(4,5)15-8-3/h11,14H,6-10,12-13,15-16H2,1-5H3. The molecule has 1 nitrogen and oxygen atoms in total. The van der Waals surface area contributed by atoms with Crippen LogP contribution in [0, 0.1) is 0 Å². The van der Waals surface area contributed by atoms with Gasteiger partial charge in [-0.2, -0.15) is 0 Å². The first-order chi connectivity index (χ1) is 8.55. The number of rotatable bonds is 11. The van der Waals surface area contributed by atoms with E-state index < -0.39 is 8.07 Å². The second kappa shape index (κ2) is 10.7. The van der Waals surface area contributed by atoms with Crippen LogP contribution in [-0.2, 0) is 0 Å². The summed E-state index contributed by atoms with van der Waals surface area (Å²) in [6.07, 6.45) is 11.4. The fourth-order valence-corrected chi connectivity index (χ4v) is 4.58. The van der Waals surface area contributed by atoms with Crippen LogP contribution in [0.2, 0.25) is 25.2 Å². The number of hydrogen-bond acceptors (Lipinski definition) is 1. The smallest absolute Gasteiger partial charge is 0.0511 e. The number of hydrogen-bond donors (Lipinski definition) is 0. The third kappa shape index (κ3) is 9.75. The van der Waals surface area contributed by atoms with Crippen LogP contribution in [0.25, 0.3) is 0 Å². The summed E-state index contributed by atoms with van der Waals surface area (Å²) in [4.78, 5) is 2.53. The molecule has 2 heteroatoms. The molecule has 0 unspecified atom stereocenters. The molecule has 0 aliphatic heterocycles. The molecule has 0 fully saturated rings. The molecular weight excluding hydrogens is 234 g/mol. The highest BCUT2D eigenvalue weighted by Crippen LogP contribution is 2.17. The SMILES string of the molecule is CCCCN(C=CC[Si](C)(C)CCC)CCCC. The molecule has 0 saturated heterocycles. The molecule has 0 rings (SSSR count). The lowest BCUT2D eigenvalue weighted by Crippen LogP contribution is -2.24. The minimum atomic E-state index is -0.946. The van der Waals surface area contributed by atoms with Gasteiger partial charge >= 0.3 is 0 Å². The Bertz CT molecular complexity index is 203. The molecule has 0 aliphatic rings. The Kier molecular flexibility index (Phi) is 10.5. The summed E-state index contributed by atoms with van der Waals surface area (Å²) in [5, 5.41) is 0. The maximum atomic E-state index is 2.53. The molecule has 108 valence electrons. The van der Waals surface area contributed by atoms with Gasteiger partial charge in [-0.1, -0.05) is 65.2 Å². The van der Waals surface area contributed by atoms with E-state index in [1.165, 1.54) is 57.3 Å². The van der Waals surface area contributed by atoms with E-state index in [1.807, 2.05) is 0 Å². The highest BCUT2D eigenvalue weighted by Gasteiger charge is 2.16. The zero-order chi connectivity index (χ0) is 13.9. The van der Waals surface area contributed by atoms with Gasteiger partial charge in [0.05, 0.1) is 8.07 Å². The molecule has 0 aromatic rings. The monoisotopic (exact) mass is 269 g/mol. The van der Waals surface area contributed by atoms with Crippen LogP contribution in [0.3, 0.4) is 0 Å². The average Bonchev–Trinajstić information content (AvgIpc) is 2.31. The molecule has 0 aromatic carbocycles. The van der Waals surface area contributed by atoms with Crippen LogP contribution in [0.4, 0.5) is 0 Å². The summed E-state index contributed by atoms with van der Waals surface area (Å²) in [7, 11) is -0.946.